The third-order valence-corrected chi connectivity index (χ3v) is 7.72. The number of nitrogens with zero attached hydrogens (tertiary/aromatic N) is 2. The van der Waals surface area contributed by atoms with Gasteiger partial charge >= 0.3 is 18.1 Å². The minimum absolute atomic E-state index is 0.0455. The van der Waals surface area contributed by atoms with Crippen LogP contribution in [0.3, 0.4) is 0 Å². The second kappa shape index (κ2) is 12.3. The molecule has 1 heterocycles. The van der Waals surface area contributed by atoms with Crippen LogP contribution in [-0.4, -0.2) is 62.9 Å². The van der Waals surface area contributed by atoms with E-state index in [9.17, 15) is 31.5 Å². The maximum atomic E-state index is 12.7. The minimum atomic E-state index is -5.08. The molecule has 0 aliphatic carbocycles. The predicted octanol–water partition coefficient (Wildman–Crippen LogP) is 4.76. The average Bonchev–Trinajstić information content (AvgIpc) is 2.91. The van der Waals surface area contributed by atoms with Crippen LogP contribution in [0.25, 0.3) is 0 Å². The largest absolute Gasteiger partial charge is 0.490 e. The fourth-order valence-corrected chi connectivity index (χ4v) is 5.18. The number of nitrogens with one attached hydrogen (secondary N) is 1. The van der Waals surface area contributed by atoms with E-state index in [1.165, 1.54) is 35.0 Å². The van der Waals surface area contributed by atoms with Gasteiger partial charge in [-0.3, -0.25) is 4.72 Å². The van der Waals surface area contributed by atoms with E-state index in [4.69, 9.17) is 9.90 Å². The van der Waals surface area contributed by atoms with Crippen LogP contribution in [0.15, 0.2) is 71.6 Å². The zero-order valence-electron chi connectivity index (χ0n) is 21.6. The lowest BCUT2D eigenvalue weighted by molar-refractivity contribution is -0.192. The summed E-state index contributed by atoms with van der Waals surface area (Å²) in [4.78, 5) is 25.4. The molecule has 0 spiro atoms. The van der Waals surface area contributed by atoms with Crippen molar-refractivity contribution >= 4 is 39.0 Å². The van der Waals surface area contributed by atoms with Gasteiger partial charge in [-0.2, -0.15) is 13.2 Å². The highest BCUT2D eigenvalue weighted by molar-refractivity contribution is 7.92. The zero-order valence-corrected chi connectivity index (χ0v) is 22.5. The standard InChI is InChI=1S/C25H27N3O4S.C2HF3O2/c1-18-7-6-10-24(19(18)2)28-15-13-27(14-16-28)20-11-12-23(22(17-20)25(29)30)26-33(31,32)21-8-4-3-5-9-21;3-2(4,5)1(6)7/h3-12,17,26H,13-16H2,1-2H3,(H,29,30);(H,6,7). The summed E-state index contributed by atoms with van der Waals surface area (Å²) >= 11 is 0. The van der Waals surface area contributed by atoms with E-state index < -0.39 is 28.1 Å². The first-order valence-corrected chi connectivity index (χ1v) is 13.5. The van der Waals surface area contributed by atoms with E-state index in [-0.39, 0.29) is 16.1 Å². The first-order chi connectivity index (χ1) is 18.7. The number of carboxylic acid groups (broad SMARTS) is 2. The smallest absolute Gasteiger partial charge is 0.478 e. The Morgan fingerprint density at radius 3 is 1.98 bits per heavy atom. The maximum Gasteiger partial charge on any atom is 0.490 e. The molecule has 9 nitrogen and oxygen atoms in total. The van der Waals surface area contributed by atoms with Gasteiger partial charge in [0, 0.05) is 37.6 Å². The number of hydrogen-bond acceptors (Lipinski definition) is 6. The number of aromatic carboxylic acids is 1. The average molecular weight is 580 g/mol. The zero-order chi connectivity index (χ0) is 29.7. The van der Waals surface area contributed by atoms with Crippen molar-refractivity contribution in [1.29, 1.82) is 0 Å². The molecule has 40 heavy (non-hydrogen) atoms. The molecule has 0 atom stereocenters. The molecule has 0 aromatic heterocycles. The van der Waals surface area contributed by atoms with Gasteiger partial charge in [0.15, 0.2) is 0 Å². The van der Waals surface area contributed by atoms with Crippen LogP contribution < -0.4 is 14.5 Å². The van der Waals surface area contributed by atoms with Crippen molar-refractivity contribution < 1.29 is 41.4 Å². The van der Waals surface area contributed by atoms with E-state index in [1.807, 2.05) is 0 Å². The molecule has 1 aliphatic rings. The highest BCUT2D eigenvalue weighted by atomic mass is 32.2. The van der Waals surface area contributed by atoms with Crippen molar-refractivity contribution in [3.05, 3.63) is 83.4 Å². The van der Waals surface area contributed by atoms with Gasteiger partial charge in [-0.05, 0) is 61.4 Å². The second-order valence-electron chi connectivity index (χ2n) is 8.95. The normalized spacial score (nSPS) is 13.7. The van der Waals surface area contributed by atoms with Gasteiger partial charge in [0.1, 0.15) is 0 Å². The van der Waals surface area contributed by atoms with Crippen LogP contribution in [0.4, 0.5) is 30.2 Å². The third kappa shape index (κ3) is 7.44. The van der Waals surface area contributed by atoms with Crippen molar-refractivity contribution in [2.75, 3.05) is 40.7 Å². The summed E-state index contributed by atoms with van der Waals surface area (Å²) in [5.74, 6) is -3.94. The van der Waals surface area contributed by atoms with E-state index in [1.54, 1.807) is 30.3 Å². The molecule has 3 aromatic carbocycles. The number of alkyl halides is 3. The lowest BCUT2D eigenvalue weighted by atomic mass is 10.1. The SMILES string of the molecule is Cc1cccc(N2CCN(c3ccc(NS(=O)(=O)c4ccccc4)c(C(=O)O)c3)CC2)c1C.O=C(O)C(F)(F)F. The number of hydrogen-bond donors (Lipinski definition) is 3. The number of carboxylic acids is 2. The quantitative estimate of drug-likeness (QED) is 0.382. The van der Waals surface area contributed by atoms with Crippen LogP contribution in [0.2, 0.25) is 0 Å². The number of rotatable bonds is 6. The number of benzene rings is 3. The fraction of sp³-hybridized carbons (Fsp3) is 0.259. The Hall–Kier alpha value is -4.26. The lowest BCUT2D eigenvalue weighted by Crippen LogP contribution is -2.46. The molecule has 13 heteroatoms. The van der Waals surface area contributed by atoms with Gasteiger partial charge in [-0.1, -0.05) is 30.3 Å². The fourth-order valence-electron chi connectivity index (χ4n) is 4.08. The van der Waals surface area contributed by atoms with Crippen molar-refractivity contribution in [2.24, 2.45) is 0 Å². The molecule has 0 radical (unpaired) electrons. The molecule has 0 bridgehead atoms. The van der Waals surface area contributed by atoms with E-state index in [0.29, 0.717) is 0 Å². The summed E-state index contributed by atoms with van der Waals surface area (Å²) in [5, 5.41) is 16.9. The molecule has 1 aliphatic heterocycles. The van der Waals surface area contributed by atoms with Crippen LogP contribution in [0, 0.1) is 13.8 Å². The molecule has 0 unspecified atom stereocenters. The number of anilines is 3. The van der Waals surface area contributed by atoms with Crippen LogP contribution >= 0.6 is 0 Å². The second-order valence-corrected chi connectivity index (χ2v) is 10.6. The van der Waals surface area contributed by atoms with E-state index in [0.717, 1.165) is 31.9 Å². The molecule has 0 amide bonds. The summed E-state index contributed by atoms with van der Waals surface area (Å²) < 4.78 is 59.5. The van der Waals surface area contributed by atoms with Gasteiger partial charge in [-0.25, -0.2) is 18.0 Å². The molecule has 1 fully saturated rings. The molecular weight excluding hydrogens is 551 g/mol. The topological polar surface area (TPSA) is 127 Å². The Kier molecular flexibility index (Phi) is 9.30. The minimum Gasteiger partial charge on any atom is -0.478 e. The highest BCUT2D eigenvalue weighted by Gasteiger charge is 2.38. The summed E-state index contributed by atoms with van der Waals surface area (Å²) in [7, 11) is -3.89. The van der Waals surface area contributed by atoms with E-state index >= 15 is 0 Å². The highest BCUT2D eigenvalue weighted by Crippen LogP contribution is 2.29. The van der Waals surface area contributed by atoms with Crippen molar-refractivity contribution in [1.82, 2.24) is 0 Å². The molecule has 3 N–H and O–H groups in total. The maximum absolute atomic E-state index is 12.7. The Bertz CT molecular complexity index is 1470. The molecule has 0 saturated carbocycles. The number of halogens is 3. The Balaban J connectivity index is 0.000000559. The van der Waals surface area contributed by atoms with Gasteiger partial charge in [-0.15, -0.1) is 0 Å². The van der Waals surface area contributed by atoms with Crippen LogP contribution in [0.5, 0.6) is 0 Å². The molecule has 4 rings (SSSR count). The molecule has 3 aromatic rings. The molecular formula is C27H28F3N3O6S. The number of piperazine rings is 1. The first-order valence-electron chi connectivity index (χ1n) is 12.0. The van der Waals surface area contributed by atoms with Crippen LogP contribution in [0.1, 0.15) is 21.5 Å². The number of aryl methyl sites for hydroxylation is 1. The summed E-state index contributed by atoms with van der Waals surface area (Å²) in [6.07, 6.45) is -5.08. The van der Waals surface area contributed by atoms with E-state index in [2.05, 4.69) is 46.6 Å². The Labute approximate surface area is 229 Å². The van der Waals surface area contributed by atoms with Crippen molar-refractivity contribution in [3.63, 3.8) is 0 Å². The van der Waals surface area contributed by atoms with Crippen LogP contribution in [-0.2, 0) is 14.8 Å². The third-order valence-electron chi connectivity index (χ3n) is 6.34. The number of carbonyl (C=O) groups is 2. The number of aliphatic carboxylic acids is 1. The predicted molar refractivity (Wildman–Crippen MR) is 145 cm³/mol. The van der Waals surface area contributed by atoms with Gasteiger partial charge in [0.2, 0.25) is 0 Å². The Morgan fingerprint density at radius 2 is 1.43 bits per heavy atom. The van der Waals surface area contributed by atoms with Crippen molar-refractivity contribution in [3.8, 4) is 0 Å². The monoisotopic (exact) mass is 579 g/mol. The molecule has 1 saturated heterocycles. The molecule has 214 valence electrons. The van der Waals surface area contributed by atoms with Gasteiger partial charge in [0.05, 0.1) is 16.1 Å². The van der Waals surface area contributed by atoms with Gasteiger partial charge in [0.25, 0.3) is 10.0 Å². The first kappa shape index (κ1) is 30.3. The lowest BCUT2D eigenvalue weighted by Gasteiger charge is -2.38. The van der Waals surface area contributed by atoms with Crippen molar-refractivity contribution in [2.45, 2.75) is 24.9 Å². The van der Waals surface area contributed by atoms with Gasteiger partial charge < -0.3 is 20.0 Å². The summed E-state index contributed by atoms with van der Waals surface area (Å²) in [6, 6.07) is 19.0. The number of sulfonamides is 1. The Morgan fingerprint density at radius 1 is 0.850 bits per heavy atom. The summed E-state index contributed by atoms with van der Waals surface area (Å²) in [5.41, 5.74) is 4.49. The summed E-state index contributed by atoms with van der Waals surface area (Å²) in [6.45, 7) is 7.34.